The normalized spacial score (nSPS) is 14.1. The number of H-pyrrole nitrogens is 1. The van der Waals surface area contributed by atoms with Crippen LogP contribution in [0.3, 0.4) is 0 Å². The summed E-state index contributed by atoms with van der Waals surface area (Å²) in [6.07, 6.45) is 3.17. The third kappa shape index (κ3) is 10.2. The van der Waals surface area contributed by atoms with E-state index < -0.39 is 54.0 Å². The van der Waals surface area contributed by atoms with Crippen molar-refractivity contribution >= 4 is 40.7 Å². The van der Waals surface area contributed by atoms with E-state index in [9.17, 15) is 34.2 Å². The predicted octanol–water partition coefficient (Wildman–Crippen LogP) is 0.112. The van der Waals surface area contributed by atoms with E-state index in [-0.39, 0.29) is 38.6 Å². The number of hydrogen-bond donors (Lipinski definition) is 9. The summed E-state index contributed by atoms with van der Waals surface area (Å²) in [4.78, 5) is 61.5. The van der Waals surface area contributed by atoms with Crippen LogP contribution in [0.15, 0.2) is 30.5 Å². The Labute approximate surface area is 224 Å². The van der Waals surface area contributed by atoms with Crippen LogP contribution in [0.25, 0.3) is 10.9 Å². The van der Waals surface area contributed by atoms with E-state index in [2.05, 4.69) is 20.9 Å². The Hall–Kier alpha value is -4.17. The molecule has 14 heteroatoms. The Morgan fingerprint density at radius 1 is 0.795 bits per heavy atom. The molecule has 39 heavy (non-hydrogen) atoms. The molecule has 0 saturated carbocycles. The fourth-order valence-electron chi connectivity index (χ4n) is 3.95. The number of benzene rings is 1. The van der Waals surface area contributed by atoms with Gasteiger partial charge in [-0.3, -0.25) is 9.59 Å². The number of rotatable bonds is 17. The molecule has 0 bridgehead atoms. The Morgan fingerprint density at radius 2 is 1.46 bits per heavy atom. The molecule has 14 nitrogen and oxygen atoms in total. The number of carbonyl (C=O) groups is 5. The highest BCUT2D eigenvalue weighted by atomic mass is 16.4. The van der Waals surface area contributed by atoms with Crippen LogP contribution >= 0.6 is 0 Å². The zero-order valence-corrected chi connectivity index (χ0v) is 21.4. The van der Waals surface area contributed by atoms with E-state index in [0.717, 1.165) is 16.5 Å². The number of carboxylic acids is 3. The Bertz CT molecular complexity index is 1150. The number of aliphatic carboxylic acids is 3. The lowest BCUT2D eigenvalue weighted by Crippen LogP contribution is -2.48. The molecule has 0 spiro atoms. The number of carbonyl (C=O) groups excluding carboxylic acids is 2. The van der Waals surface area contributed by atoms with Crippen molar-refractivity contribution in [2.24, 2.45) is 11.5 Å². The predicted molar refractivity (Wildman–Crippen MR) is 141 cm³/mol. The number of para-hydroxylation sites is 1. The van der Waals surface area contributed by atoms with Crippen molar-refractivity contribution in [3.63, 3.8) is 0 Å². The molecule has 0 fully saturated rings. The number of aromatic amines is 1. The van der Waals surface area contributed by atoms with Gasteiger partial charge in [0.15, 0.2) is 0 Å². The van der Waals surface area contributed by atoms with Crippen molar-refractivity contribution < 1.29 is 39.3 Å². The van der Waals surface area contributed by atoms with Crippen LogP contribution in [-0.2, 0) is 25.6 Å². The SMILES string of the molecule is NC(CCC[C@H](N)C(=O)O)C(=O)N[C@@H](CCCCNC(=O)N[C@@H](Cc1c[nH]c2ccccc12)C(=O)O)C(=O)O. The van der Waals surface area contributed by atoms with Gasteiger partial charge in [-0.1, -0.05) is 18.2 Å². The van der Waals surface area contributed by atoms with E-state index in [0.29, 0.717) is 12.8 Å². The van der Waals surface area contributed by atoms with E-state index in [1.807, 2.05) is 24.3 Å². The second-order valence-electron chi connectivity index (χ2n) is 9.23. The molecule has 1 heterocycles. The summed E-state index contributed by atoms with van der Waals surface area (Å²) >= 11 is 0. The maximum atomic E-state index is 12.2. The maximum Gasteiger partial charge on any atom is 0.326 e. The average molecular weight is 549 g/mol. The van der Waals surface area contributed by atoms with Crippen LogP contribution in [-0.4, -0.2) is 80.9 Å². The highest BCUT2D eigenvalue weighted by Crippen LogP contribution is 2.19. The quantitative estimate of drug-likeness (QED) is 0.121. The Balaban J connectivity index is 1.72. The number of carboxylic acid groups (broad SMARTS) is 3. The van der Waals surface area contributed by atoms with Gasteiger partial charge in [-0.25, -0.2) is 14.4 Å². The Morgan fingerprint density at radius 3 is 2.13 bits per heavy atom. The summed E-state index contributed by atoms with van der Waals surface area (Å²) < 4.78 is 0. The average Bonchev–Trinajstić information content (AvgIpc) is 3.29. The number of hydrogen-bond acceptors (Lipinski definition) is 7. The zero-order valence-electron chi connectivity index (χ0n) is 21.4. The Kier molecular flexibility index (Phi) is 12.2. The van der Waals surface area contributed by atoms with Crippen LogP contribution in [0.1, 0.15) is 44.1 Å². The third-order valence-corrected chi connectivity index (χ3v) is 6.21. The summed E-state index contributed by atoms with van der Waals surface area (Å²) in [5, 5.41) is 36.0. The minimum Gasteiger partial charge on any atom is -0.480 e. The molecule has 0 aliphatic rings. The lowest BCUT2D eigenvalue weighted by atomic mass is 10.0. The number of unbranched alkanes of at least 4 members (excludes halogenated alkanes) is 1. The molecule has 0 aliphatic carbocycles. The highest BCUT2D eigenvalue weighted by Gasteiger charge is 2.24. The van der Waals surface area contributed by atoms with Crippen molar-refractivity contribution in [2.45, 2.75) is 69.1 Å². The molecule has 2 aromatic rings. The lowest BCUT2D eigenvalue weighted by Gasteiger charge is -2.18. The molecular formula is C25H36N6O8. The molecule has 4 atom stereocenters. The fraction of sp³-hybridized carbons (Fsp3) is 0.480. The van der Waals surface area contributed by atoms with Gasteiger partial charge in [0.1, 0.15) is 18.1 Å². The summed E-state index contributed by atoms with van der Waals surface area (Å²) in [7, 11) is 0. The van der Waals surface area contributed by atoms with E-state index in [1.54, 1.807) is 6.20 Å². The van der Waals surface area contributed by atoms with Gasteiger partial charge in [-0.15, -0.1) is 0 Å². The van der Waals surface area contributed by atoms with Crippen LogP contribution in [0.2, 0.25) is 0 Å². The van der Waals surface area contributed by atoms with E-state index in [4.69, 9.17) is 16.6 Å². The van der Waals surface area contributed by atoms with Gasteiger partial charge in [-0.2, -0.15) is 0 Å². The minimum atomic E-state index is -1.24. The van der Waals surface area contributed by atoms with Gasteiger partial charge in [0.2, 0.25) is 5.91 Å². The summed E-state index contributed by atoms with van der Waals surface area (Å²) in [6, 6.07) is 2.34. The molecule has 1 unspecified atom stereocenters. The molecule has 214 valence electrons. The second kappa shape index (κ2) is 15.3. The first-order valence-corrected chi connectivity index (χ1v) is 12.6. The van der Waals surface area contributed by atoms with Gasteiger partial charge >= 0.3 is 23.9 Å². The van der Waals surface area contributed by atoms with Crippen LogP contribution in [0.5, 0.6) is 0 Å². The number of nitrogens with two attached hydrogens (primary N) is 2. The molecular weight excluding hydrogens is 512 g/mol. The number of fused-ring (bicyclic) bond motifs is 1. The zero-order chi connectivity index (χ0) is 28.9. The minimum absolute atomic E-state index is 0.0826. The molecule has 2 rings (SSSR count). The molecule has 0 radical (unpaired) electrons. The van der Waals surface area contributed by atoms with Crippen LogP contribution in [0.4, 0.5) is 4.79 Å². The molecule has 1 aromatic heterocycles. The largest absolute Gasteiger partial charge is 0.480 e. The standard InChI is InChI=1S/C25H36N6O8/c26-16(7-5-8-17(27)22(33)34)21(32)30-19(23(35)36)10-3-4-11-28-25(39)31-20(24(37)38)12-14-13-29-18-9-2-1-6-15(14)18/h1-2,6,9,13,16-17,19-20,29H,3-5,7-8,10-12,26-27H2,(H,30,32)(H,33,34)(H,35,36)(H,37,38)(H2,28,31,39)/t16?,17-,19-,20-/m0/s1. The summed E-state index contributed by atoms with van der Waals surface area (Å²) in [6.45, 7) is 0.162. The van der Waals surface area contributed by atoms with Gasteiger partial charge in [0.25, 0.3) is 0 Å². The van der Waals surface area contributed by atoms with Crippen molar-refractivity contribution in [2.75, 3.05) is 6.54 Å². The highest BCUT2D eigenvalue weighted by molar-refractivity contribution is 5.87. The van der Waals surface area contributed by atoms with E-state index >= 15 is 0 Å². The monoisotopic (exact) mass is 548 g/mol. The second-order valence-corrected chi connectivity index (χ2v) is 9.23. The number of amides is 3. The lowest BCUT2D eigenvalue weighted by molar-refractivity contribution is -0.142. The first-order valence-electron chi connectivity index (χ1n) is 12.6. The molecule has 11 N–H and O–H groups in total. The van der Waals surface area contributed by atoms with Crippen molar-refractivity contribution in [3.8, 4) is 0 Å². The van der Waals surface area contributed by atoms with Gasteiger partial charge in [0.05, 0.1) is 6.04 Å². The number of urea groups is 1. The maximum absolute atomic E-state index is 12.2. The molecule has 3 amide bonds. The molecule has 0 saturated heterocycles. The van der Waals surface area contributed by atoms with Crippen molar-refractivity contribution in [1.29, 1.82) is 0 Å². The molecule has 0 aliphatic heterocycles. The van der Waals surface area contributed by atoms with Crippen LogP contribution < -0.4 is 27.4 Å². The van der Waals surface area contributed by atoms with Gasteiger partial charge in [-0.05, 0) is 50.2 Å². The van der Waals surface area contributed by atoms with Crippen molar-refractivity contribution in [3.05, 3.63) is 36.0 Å². The van der Waals surface area contributed by atoms with E-state index in [1.165, 1.54) is 0 Å². The van der Waals surface area contributed by atoms with Gasteiger partial charge in [0, 0.05) is 30.1 Å². The summed E-state index contributed by atoms with van der Waals surface area (Å²) in [5.41, 5.74) is 12.8. The fourth-order valence-corrected chi connectivity index (χ4v) is 3.95. The first kappa shape index (κ1) is 31.1. The summed E-state index contributed by atoms with van der Waals surface area (Å²) in [5.74, 6) is -4.24. The number of aromatic nitrogens is 1. The topological polar surface area (TPSA) is 250 Å². The van der Waals surface area contributed by atoms with Crippen molar-refractivity contribution in [1.82, 2.24) is 20.9 Å². The first-order chi connectivity index (χ1) is 18.5. The van der Waals surface area contributed by atoms with Gasteiger partial charge < -0.3 is 47.7 Å². The number of nitrogens with one attached hydrogen (secondary N) is 4. The molecule has 1 aromatic carbocycles. The smallest absolute Gasteiger partial charge is 0.326 e. The van der Waals surface area contributed by atoms with Crippen LogP contribution in [0, 0.1) is 0 Å². The third-order valence-electron chi connectivity index (χ3n) is 6.21.